The molecule has 1 amide bonds. The molecule has 0 aliphatic heterocycles. The van der Waals surface area contributed by atoms with E-state index in [1.165, 1.54) is 7.11 Å². The first-order valence-electron chi connectivity index (χ1n) is 4.47. The lowest BCUT2D eigenvalue weighted by molar-refractivity contribution is -0.154. The molecule has 2 atom stereocenters. The number of carboxylic acids is 1. The molecular weight excluding hydrogens is 186 g/mol. The molecule has 1 saturated carbocycles. The van der Waals surface area contributed by atoms with Crippen LogP contribution in [0.1, 0.15) is 20.3 Å². The first-order chi connectivity index (χ1) is 6.39. The first kappa shape index (κ1) is 10.8. The Bertz CT molecular complexity index is 262. The summed E-state index contributed by atoms with van der Waals surface area (Å²) in [5.74, 6) is -1.19. The van der Waals surface area contributed by atoms with Crippen LogP contribution < -0.4 is 5.32 Å². The van der Waals surface area contributed by atoms with Gasteiger partial charge in [-0.1, -0.05) is 13.8 Å². The Kier molecular flexibility index (Phi) is 2.69. The number of nitrogens with one attached hydrogen (secondary N) is 1. The number of carbonyl (C=O) groups is 2. The summed E-state index contributed by atoms with van der Waals surface area (Å²) in [4.78, 5) is 21.7. The lowest BCUT2D eigenvalue weighted by Gasteiger charge is -2.49. The highest BCUT2D eigenvalue weighted by Gasteiger charge is 2.52. The molecule has 1 aliphatic rings. The van der Waals surface area contributed by atoms with Gasteiger partial charge in [-0.2, -0.15) is 0 Å². The Labute approximate surface area is 82.4 Å². The van der Waals surface area contributed by atoms with E-state index >= 15 is 0 Å². The van der Waals surface area contributed by atoms with E-state index in [-0.39, 0.29) is 12.0 Å². The molecule has 0 radical (unpaired) electrons. The maximum absolute atomic E-state index is 10.9. The fourth-order valence-electron chi connectivity index (χ4n) is 1.79. The Morgan fingerprint density at radius 2 is 2.07 bits per heavy atom. The Morgan fingerprint density at radius 3 is 2.43 bits per heavy atom. The molecule has 0 heterocycles. The summed E-state index contributed by atoms with van der Waals surface area (Å²) in [6, 6.07) is -0.115. The highest BCUT2D eigenvalue weighted by atomic mass is 16.5. The second-order valence-corrected chi connectivity index (χ2v) is 4.14. The monoisotopic (exact) mass is 201 g/mol. The lowest BCUT2D eigenvalue weighted by Crippen LogP contribution is -2.60. The molecular formula is C9H15NO4. The zero-order chi connectivity index (χ0) is 10.9. The van der Waals surface area contributed by atoms with Crippen LogP contribution in [0, 0.1) is 11.3 Å². The van der Waals surface area contributed by atoms with Crippen LogP contribution in [0.25, 0.3) is 0 Å². The molecule has 5 nitrogen and oxygen atoms in total. The highest BCUT2D eigenvalue weighted by Crippen LogP contribution is 2.46. The molecule has 0 unspecified atom stereocenters. The Morgan fingerprint density at radius 1 is 1.50 bits per heavy atom. The van der Waals surface area contributed by atoms with Crippen molar-refractivity contribution < 1.29 is 19.4 Å². The van der Waals surface area contributed by atoms with E-state index in [1.807, 2.05) is 13.8 Å². The molecule has 1 aliphatic carbocycles. The van der Waals surface area contributed by atoms with Gasteiger partial charge in [0.05, 0.1) is 13.0 Å². The van der Waals surface area contributed by atoms with E-state index < -0.39 is 17.5 Å². The third-order valence-corrected chi connectivity index (χ3v) is 3.04. The Hall–Kier alpha value is -1.26. The van der Waals surface area contributed by atoms with Gasteiger partial charge in [-0.3, -0.25) is 4.79 Å². The third kappa shape index (κ3) is 1.66. The quantitative estimate of drug-likeness (QED) is 0.694. The van der Waals surface area contributed by atoms with Gasteiger partial charge in [0.2, 0.25) is 0 Å². The molecule has 80 valence electrons. The molecule has 1 fully saturated rings. The zero-order valence-corrected chi connectivity index (χ0v) is 8.53. The zero-order valence-electron chi connectivity index (χ0n) is 8.53. The number of ether oxygens (including phenoxy) is 1. The minimum Gasteiger partial charge on any atom is -0.481 e. The van der Waals surface area contributed by atoms with Crippen LogP contribution in [-0.4, -0.2) is 30.3 Å². The molecule has 0 saturated heterocycles. The van der Waals surface area contributed by atoms with Crippen LogP contribution in [0.15, 0.2) is 0 Å². The number of carboxylic acid groups (broad SMARTS) is 1. The standard InChI is InChI=1S/C9H15NO4/c1-9(2)5(7(11)12)4-6(9)10-8(13)14-3/h5-6H,4H2,1-3H3,(H,10,13)(H,11,12)/t5-,6-/m0/s1. The van der Waals surface area contributed by atoms with Crippen molar-refractivity contribution in [2.24, 2.45) is 11.3 Å². The van der Waals surface area contributed by atoms with Crippen molar-refractivity contribution in [1.29, 1.82) is 0 Å². The van der Waals surface area contributed by atoms with E-state index in [0.717, 1.165) is 0 Å². The van der Waals surface area contributed by atoms with Crippen LogP contribution in [0.5, 0.6) is 0 Å². The first-order valence-corrected chi connectivity index (χ1v) is 4.47. The van der Waals surface area contributed by atoms with Crippen LogP contribution in [0.3, 0.4) is 0 Å². The average Bonchev–Trinajstić information content (AvgIpc) is 2.10. The minimum absolute atomic E-state index is 0.115. The molecule has 0 bridgehead atoms. The molecule has 14 heavy (non-hydrogen) atoms. The Balaban J connectivity index is 2.54. The smallest absolute Gasteiger partial charge is 0.407 e. The maximum atomic E-state index is 10.9. The number of amides is 1. The van der Waals surface area contributed by atoms with Gasteiger partial charge in [-0.25, -0.2) is 4.79 Å². The normalized spacial score (nSPS) is 28.8. The largest absolute Gasteiger partial charge is 0.481 e. The van der Waals surface area contributed by atoms with Crippen molar-refractivity contribution in [3.63, 3.8) is 0 Å². The number of methoxy groups -OCH3 is 1. The minimum atomic E-state index is -0.807. The molecule has 1 rings (SSSR count). The summed E-state index contributed by atoms with van der Waals surface area (Å²) in [5.41, 5.74) is -0.403. The summed E-state index contributed by atoms with van der Waals surface area (Å²) in [6.45, 7) is 3.66. The van der Waals surface area contributed by atoms with Crippen molar-refractivity contribution >= 4 is 12.1 Å². The summed E-state index contributed by atoms with van der Waals surface area (Å²) in [7, 11) is 1.29. The number of rotatable bonds is 2. The molecule has 5 heteroatoms. The SMILES string of the molecule is COC(=O)N[C@H]1C[C@@H](C(=O)O)C1(C)C. The second kappa shape index (κ2) is 3.48. The number of hydrogen-bond donors (Lipinski definition) is 2. The number of carbonyl (C=O) groups excluding carboxylic acids is 1. The predicted molar refractivity (Wildman–Crippen MR) is 48.9 cm³/mol. The fourth-order valence-corrected chi connectivity index (χ4v) is 1.79. The van der Waals surface area contributed by atoms with Gasteiger partial charge in [0, 0.05) is 6.04 Å². The summed E-state index contributed by atoms with van der Waals surface area (Å²) in [5, 5.41) is 11.5. The topological polar surface area (TPSA) is 75.6 Å². The van der Waals surface area contributed by atoms with Gasteiger partial charge in [-0.05, 0) is 11.8 Å². The summed E-state index contributed by atoms with van der Waals surface area (Å²) < 4.78 is 4.45. The van der Waals surface area contributed by atoms with Crippen molar-refractivity contribution in [3.05, 3.63) is 0 Å². The van der Waals surface area contributed by atoms with Crippen molar-refractivity contribution in [3.8, 4) is 0 Å². The lowest BCUT2D eigenvalue weighted by atomic mass is 9.58. The maximum Gasteiger partial charge on any atom is 0.407 e. The molecule has 0 aromatic heterocycles. The second-order valence-electron chi connectivity index (χ2n) is 4.14. The number of aliphatic carboxylic acids is 1. The summed E-state index contributed by atoms with van der Waals surface area (Å²) in [6.07, 6.45) is -0.0378. The molecule has 0 spiro atoms. The van der Waals surface area contributed by atoms with E-state index in [2.05, 4.69) is 10.1 Å². The van der Waals surface area contributed by atoms with E-state index in [1.54, 1.807) is 0 Å². The number of hydrogen-bond acceptors (Lipinski definition) is 3. The van der Waals surface area contributed by atoms with Gasteiger partial charge >= 0.3 is 12.1 Å². The van der Waals surface area contributed by atoms with Crippen LogP contribution >= 0.6 is 0 Å². The van der Waals surface area contributed by atoms with Gasteiger partial charge in [0.1, 0.15) is 0 Å². The van der Waals surface area contributed by atoms with Crippen LogP contribution in [0.4, 0.5) is 4.79 Å². The molecule has 0 aromatic carbocycles. The van der Waals surface area contributed by atoms with Crippen LogP contribution in [0.2, 0.25) is 0 Å². The highest BCUT2D eigenvalue weighted by molar-refractivity contribution is 5.74. The van der Waals surface area contributed by atoms with E-state index in [0.29, 0.717) is 6.42 Å². The predicted octanol–water partition coefficient (Wildman–Crippen LogP) is 0.842. The van der Waals surface area contributed by atoms with Gasteiger partial charge in [0.25, 0.3) is 0 Å². The van der Waals surface area contributed by atoms with E-state index in [4.69, 9.17) is 5.11 Å². The van der Waals surface area contributed by atoms with Gasteiger partial charge < -0.3 is 15.2 Å². The van der Waals surface area contributed by atoms with Crippen molar-refractivity contribution in [2.75, 3.05) is 7.11 Å². The molecule has 2 N–H and O–H groups in total. The van der Waals surface area contributed by atoms with Gasteiger partial charge in [-0.15, -0.1) is 0 Å². The van der Waals surface area contributed by atoms with Crippen LogP contribution in [-0.2, 0) is 9.53 Å². The number of alkyl carbamates (subject to hydrolysis) is 1. The summed E-state index contributed by atoms with van der Waals surface area (Å²) >= 11 is 0. The van der Waals surface area contributed by atoms with Crippen molar-refractivity contribution in [1.82, 2.24) is 5.32 Å². The van der Waals surface area contributed by atoms with E-state index in [9.17, 15) is 9.59 Å². The molecule has 0 aromatic rings. The fraction of sp³-hybridized carbons (Fsp3) is 0.778. The van der Waals surface area contributed by atoms with Gasteiger partial charge in [0.15, 0.2) is 0 Å². The van der Waals surface area contributed by atoms with Crippen molar-refractivity contribution in [2.45, 2.75) is 26.3 Å². The average molecular weight is 201 g/mol. The third-order valence-electron chi connectivity index (χ3n) is 3.04.